The second-order valence-electron chi connectivity index (χ2n) is 7.26. The lowest BCUT2D eigenvalue weighted by Gasteiger charge is -2.11. The molecule has 3 aromatic carbocycles. The molecule has 0 aliphatic carbocycles. The number of benzene rings is 3. The Labute approximate surface area is 198 Å². The number of rotatable bonds is 9. The van der Waals surface area contributed by atoms with Crippen LogP contribution in [0, 0.1) is 0 Å². The lowest BCUT2D eigenvalue weighted by Crippen LogP contribution is -2.13. The van der Waals surface area contributed by atoms with E-state index in [0.717, 1.165) is 11.1 Å². The van der Waals surface area contributed by atoms with Crippen LogP contribution >= 0.6 is 0 Å². The molecular weight excluding hydrogens is 450 g/mol. The van der Waals surface area contributed by atoms with Gasteiger partial charge in [-0.25, -0.2) is 13.4 Å². The fourth-order valence-corrected chi connectivity index (χ4v) is 4.11. The molecule has 34 heavy (non-hydrogen) atoms. The molecule has 0 saturated heterocycles. The third-order valence-electron chi connectivity index (χ3n) is 4.84. The summed E-state index contributed by atoms with van der Waals surface area (Å²) >= 11 is 0. The summed E-state index contributed by atoms with van der Waals surface area (Å²) in [5, 5.41) is 0. The minimum absolute atomic E-state index is 0.124. The highest BCUT2D eigenvalue weighted by Gasteiger charge is 2.14. The van der Waals surface area contributed by atoms with Crippen LogP contribution in [0.5, 0.6) is 11.5 Å². The van der Waals surface area contributed by atoms with Crippen LogP contribution in [0.15, 0.2) is 107 Å². The van der Waals surface area contributed by atoms with E-state index in [1.165, 1.54) is 18.3 Å². The topological polar surface area (TPSA) is 89.9 Å². The molecule has 0 unspecified atom stereocenters. The van der Waals surface area contributed by atoms with E-state index in [2.05, 4.69) is 14.7 Å². The summed E-state index contributed by atoms with van der Waals surface area (Å²) in [5.41, 5.74) is 2.49. The predicted molar refractivity (Wildman–Crippen MR) is 133 cm³/mol. The molecule has 4 aromatic rings. The molecule has 0 radical (unpaired) electrons. The quantitative estimate of drug-likeness (QED) is 0.337. The van der Waals surface area contributed by atoms with Gasteiger partial charge in [0.15, 0.2) is 11.5 Å². The van der Waals surface area contributed by atoms with Crippen LogP contribution in [-0.4, -0.2) is 26.7 Å². The van der Waals surface area contributed by atoms with E-state index in [-0.39, 0.29) is 10.7 Å². The van der Waals surface area contributed by atoms with Crippen molar-refractivity contribution in [2.45, 2.75) is 11.5 Å². The standard InChI is InChI=1S/C26H23N3O4S/c1-32-25-17-21(10-15-24(25)33-19-20-7-3-2-4-8-20)18-28-22-11-13-23(14-12-22)34(30,31)29-26-9-5-6-16-27-26/h2-18H,19H2,1H3,(H,27,29). The SMILES string of the molecule is COc1cc(C=Nc2ccc(S(=O)(=O)Nc3ccccn3)cc2)ccc1OCc1ccccc1. The van der Waals surface area contributed by atoms with Crippen molar-refractivity contribution in [2.24, 2.45) is 4.99 Å². The normalized spacial score (nSPS) is 11.3. The molecule has 8 heteroatoms. The zero-order valence-corrected chi connectivity index (χ0v) is 19.3. The summed E-state index contributed by atoms with van der Waals surface area (Å²) in [6.07, 6.45) is 3.20. The first-order valence-corrected chi connectivity index (χ1v) is 11.9. The van der Waals surface area contributed by atoms with Gasteiger partial charge in [-0.15, -0.1) is 0 Å². The number of anilines is 1. The van der Waals surface area contributed by atoms with E-state index in [1.54, 1.807) is 43.7 Å². The zero-order valence-electron chi connectivity index (χ0n) is 18.5. The molecule has 0 bridgehead atoms. The lowest BCUT2D eigenvalue weighted by molar-refractivity contribution is 0.284. The van der Waals surface area contributed by atoms with Crippen molar-refractivity contribution < 1.29 is 17.9 Å². The van der Waals surface area contributed by atoms with Crippen LogP contribution in [0.2, 0.25) is 0 Å². The minimum atomic E-state index is -3.73. The van der Waals surface area contributed by atoms with Gasteiger partial charge in [-0.3, -0.25) is 9.71 Å². The molecule has 0 aliphatic rings. The molecule has 0 amide bonds. The molecule has 0 spiro atoms. The number of nitrogens with one attached hydrogen (secondary N) is 1. The Balaban J connectivity index is 1.42. The zero-order chi connectivity index (χ0) is 23.8. The first kappa shape index (κ1) is 23.0. The average Bonchev–Trinajstić information content (AvgIpc) is 2.87. The summed E-state index contributed by atoms with van der Waals surface area (Å²) in [5.74, 6) is 1.50. The van der Waals surface area contributed by atoms with Gasteiger partial charge in [0.1, 0.15) is 12.4 Å². The Morgan fingerprint density at radius 2 is 1.68 bits per heavy atom. The summed E-state index contributed by atoms with van der Waals surface area (Å²) in [4.78, 5) is 8.54. The number of nitrogens with zero attached hydrogens (tertiary/aromatic N) is 2. The van der Waals surface area contributed by atoms with Crippen molar-refractivity contribution >= 4 is 27.7 Å². The van der Waals surface area contributed by atoms with Gasteiger partial charge in [0.25, 0.3) is 10.0 Å². The molecule has 7 nitrogen and oxygen atoms in total. The molecule has 0 aliphatic heterocycles. The monoisotopic (exact) mass is 473 g/mol. The number of pyridine rings is 1. The maximum Gasteiger partial charge on any atom is 0.263 e. The van der Waals surface area contributed by atoms with E-state index < -0.39 is 10.0 Å². The molecule has 0 atom stereocenters. The van der Waals surface area contributed by atoms with E-state index in [4.69, 9.17) is 9.47 Å². The third kappa shape index (κ3) is 5.99. The van der Waals surface area contributed by atoms with Crippen LogP contribution in [0.1, 0.15) is 11.1 Å². The summed E-state index contributed by atoms with van der Waals surface area (Å²) < 4.78 is 38.8. The molecule has 1 heterocycles. The number of hydrogen-bond donors (Lipinski definition) is 1. The lowest BCUT2D eigenvalue weighted by atomic mass is 10.2. The summed E-state index contributed by atoms with van der Waals surface area (Å²) in [7, 11) is -2.14. The number of aromatic nitrogens is 1. The van der Waals surface area contributed by atoms with Crippen molar-refractivity contribution in [3.05, 3.63) is 108 Å². The Bertz CT molecular complexity index is 1360. The molecule has 172 valence electrons. The summed E-state index contributed by atoms with van der Waals surface area (Å²) in [6.45, 7) is 0.440. The highest BCUT2D eigenvalue weighted by molar-refractivity contribution is 7.92. The third-order valence-corrected chi connectivity index (χ3v) is 6.21. The van der Waals surface area contributed by atoms with Gasteiger partial charge in [0.2, 0.25) is 0 Å². The van der Waals surface area contributed by atoms with E-state index >= 15 is 0 Å². The second kappa shape index (κ2) is 10.6. The first-order valence-electron chi connectivity index (χ1n) is 10.5. The number of sulfonamides is 1. The molecular formula is C26H23N3O4S. The van der Waals surface area contributed by atoms with E-state index in [0.29, 0.717) is 23.8 Å². The Kier molecular flexibility index (Phi) is 7.19. The Morgan fingerprint density at radius 3 is 2.38 bits per heavy atom. The van der Waals surface area contributed by atoms with Crippen molar-refractivity contribution in [1.82, 2.24) is 4.98 Å². The highest BCUT2D eigenvalue weighted by atomic mass is 32.2. The largest absolute Gasteiger partial charge is 0.493 e. The Hall–Kier alpha value is -4.17. The second-order valence-corrected chi connectivity index (χ2v) is 8.94. The van der Waals surface area contributed by atoms with E-state index in [1.807, 2.05) is 48.5 Å². The fourth-order valence-electron chi connectivity index (χ4n) is 3.10. The van der Waals surface area contributed by atoms with Crippen LogP contribution in [0.25, 0.3) is 0 Å². The van der Waals surface area contributed by atoms with Gasteiger partial charge in [-0.1, -0.05) is 36.4 Å². The smallest absolute Gasteiger partial charge is 0.263 e. The van der Waals surface area contributed by atoms with Crippen molar-refractivity contribution in [3.8, 4) is 11.5 Å². The molecule has 0 saturated carbocycles. The summed E-state index contributed by atoms with van der Waals surface area (Å²) in [6, 6.07) is 26.7. The molecule has 1 aromatic heterocycles. The van der Waals surface area contributed by atoms with Gasteiger partial charge >= 0.3 is 0 Å². The van der Waals surface area contributed by atoms with Gasteiger partial charge < -0.3 is 9.47 Å². The van der Waals surface area contributed by atoms with Crippen molar-refractivity contribution in [1.29, 1.82) is 0 Å². The van der Waals surface area contributed by atoms with Crippen LogP contribution < -0.4 is 14.2 Å². The minimum Gasteiger partial charge on any atom is -0.493 e. The van der Waals surface area contributed by atoms with E-state index in [9.17, 15) is 8.42 Å². The molecule has 4 rings (SSSR count). The number of methoxy groups -OCH3 is 1. The Morgan fingerprint density at radius 1 is 0.912 bits per heavy atom. The predicted octanol–water partition coefficient (Wildman–Crippen LogP) is 5.22. The van der Waals surface area contributed by atoms with Gasteiger partial charge in [-0.2, -0.15) is 0 Å². The average molecular weight is 474 g/mol. The first-order chi connectivity index (χ1) is 16.5. The van der Waals surface area contributed by atoms with Crippen molar-refractivity contribution in [3.63, 3.8) is 0 Å². The van der Waals surface area contributed by atoms with Crippen LogP contribution in [0.3, 0.4) is 0 Å². The maximum atomic E-state index is 12.5. The van der Waals surface area contributed by atoms with Crippen LogP contribution in [-0.2, 0) is 16.6 Å². The van der Waals surface area contributed by atoms with Gasteiger partial charge in [0, 0.05) is 12.4 Å². The number of hydrogen-bond acceptors (Lipinski definition) is 6. The molecule has 0 fully saturated rings. The highest BCUT2D eigenvalue weighted by Crippen LogP contribution is 2.28. The number of ether oxygens (including phenoxy) is 2. The number of aliphatic imine (C=N–C) groups is 1. The fraction of sp³-hybridized carbons (Fsp3) is 0.0769. The maximum absolute atomic E-state index is 12.5. The van der Waals surface area contributed by atoms with Crippen molar-refractivity contribution in [2.75, 3.05) is 11.8 Å². The van der Waals surface area contributed by atoms with Crippen LogP contribution in [0.4, 0.5) is 11.5 Å². The van der Waals surface area contributed by atoms with Gasteiger partial charge in [0.05, 0.1) is 17.7 Å². The molecule has 1 N–H and O–H groups in total. The van der Waals surface area contributed by atoms with Gasteiger partial charge in [-0.05, 0) is 65.7 Å².